The molecule has 0 saturated heterocycles. The number of H-pyrrole nitrogens is 1. The minimum Gasteiger partial charge on any atom is -0.469 e. The van der Waals surface area contributed by atoms with Gasteiger partial charge in [-0.3, -0.25) is 9.59 Å². The normalized spacial score (nSPS) is 12.1. The van der Waals surface area contributed by atoms with E-state index in [4.69, 9.17) is 0 Å². The Morgan fingerprint density at radius 1 is 1.29 bits per heavy atom. The molecule has 0 radical (unpaired) electrons. The van der Waals surface area contributed by atoms with E-state index in [-0.39, 0.29) is 30.8 Å². The second-order valence-electron chi connectivity index (χ2n) is 5.11. The Morgan fingerprint density at radius 3 is 2.81 bits per heavy atom. The van der Waals surface area contributed by atoms with Gasteiger partial charge in [-0.25, -0.2) is 0 Å². The summed E-state index contributed by atoms with van der Waals surface area (Å²) in [6.07, 6.45) is 2.99. The molecule has 0 aliphatic heterocycles. The molecular formula is C16H20N2O3. The van der Waals surface area contributed by atoms with Crippen LogP contribution in [0.4, 0.5) is 0 Å². The zero-order valence-electron chi connectivity index (χ0n) is 12.3. The maximum Gasteiger partial charge on any atom is 0.306 e. The molecule has 0 fully saturated rings. The zero-order valence-corrected chi connectivity index (χ0v) is 12.3. The zero-order chi connectivity index (χ0) is 15.2. The van der Waals surface area contributed by atoms with Crippen LogP contribution in [0.15, 0.2) is 30.5 Å². The number of methoxy groups -OCH3 is 1. The Morgan fingerprint density at radius 2 is 2.05 bits per heavy atom. The van der Waals surface area contributed by atoms with Crippen molar-refractivity contribution in [1.29, 1.82) is 0 Å². The number of aromatic amines is 1. The summed E-state index contributed by atoms with van der Waals surface area (Å²) in [7, 11) is 1.32. The standard InChI is InChI=1S/C16H20N2O3/c1-11(18-15(19)7-8-16(20)21-2)9-12-10-17-14-6-4-3-5-13(12)14/h3-6,10-11,17H,7-9H2,1-2H3,(H,18,19). The molecule has 0 aliphatic rings. The van der Waals surface area contributed by atoms with E-state index in [0.717, 1.165) is 11.9 Å². The lowest BCUT2D eigenvalue weighted by molar-refractivity contribution is -0.142. The van der Waals surface area contributed by atoms with Crippen LogP contribution in [0.3, 0.4) is 0 Å². The summed E-state index contributed by atoms with van der Waals surface area (Å²) in [6, 6.07) is 8.08. The largest absolute Gasteiger partial charge is 0.469 e. The number of aromatic nitrogens is 1. The number of carbonyl (C=O) groups excluding carboxylic acids is 2. The van der Waals surface area contributed by atoms with Gasteiger partial charge < -0.3 is 15.0 Å². The van der Waals surface area contributed by atoms with Crippen molar-refractivity contribution < 1.29 is 14.3 Å². The number of amides is 1. The molecule has 2 rings (SSSR count). The van der Waals surface area contributed by atoms with Crippen molar-refractivity contribution >= 4 is 22.8 Å². The van der Waals surface area contributed by atoms with Crippen LogP contribution in [-0.4, -0.2) is 30.0 Å². The fraction of sp³-hybridized carbons (Fsp3) is 0.375. The average molecular weight is 288 g/mol. The quantitative estimate of drug-likeness (QED) is 0.800. The molecule has 0 spiro atoms. The molecule has 0 saturated carbocycles. The molecule has 1 aromatic heterocycles. The van der Waals surface area contributed by atoms with Gasteiger partial charge in [0.15, 0.2) is 0 Å². The SMILES string of the molecule is COC(=O)CCC(=O)NC(C)Cc1c[nH]c2ccccc12. The van der Waals surface area contributed by atoms with Gasteiger partial charge in [0.2, 0.25) is 5.91 Å². The van der Waals surface area contributed by atoms with E-state index >= 15 is 0 Å². The van der Waals surface area contributed by atoms with E-state index in [9.17, 15) is 9.59 Å². The molecule has 1 amide bonds. The first-order valence-corrected chi connectivity index (χ1v) is 7.01. The summed E-state index contributed by atoms with van der Waals surface area (Å²) in [6.45, 7) is 1.96. The first-order valence-electron chi connectivity index (χ1n) is 7.01. The summed E-state index contributed by atoms with van der Waals surface area (Å²) in [5, 5.41) is 4.08. The third kappa shape index (κ3) is 4.08. The molecule has 0 aliphatic carbocycles. The van der Waals surface area contributed by atoms with Gasteiger partial charge in [0.1, 0.15) is 0 Å². The first kappa shape index (κ1) is 15.1. The third-order valence-electron chi connectivity index (χ3n) is 3.39. The summed E-state index contributed by atoms with van der Waals surface area (Å²) in [4.78, 5) is 26.0. The van der Waals surface area contributed by atoms with Crippen LogP contribution in [0.2, 0.25) is 0 Å². The van der Waals surface area contributed by atoms with Crippen LogP contribution in [0.25, 0.3) is 10.9 Å². The van der Waals surface area contributed by atoms with Gasteiger partial charge in [-0.2, -0.15) is 0 Å². The minimum absolute atomic E-state index is 0.00866. The number of hydrogen-bond acceptors (Lipinski definition) is 3. The molecule has 1 atom stereocenters. The summed E-state index contributed by atoms with van der Waals surface area (Å²) < 4.78 is 4.52. The number of carbonyl (C=O) groups is 2. The lowest BCUT2D eigenvalue weighted by Gasteiger charge is -2.13. The van der Waals surface area contributed by atoms with Gasteiger partial charge in [-0.1, -0.05) is 18.2 Å². The highest BCUT2D eigenvalue weighted by Crippen LogP contribution is 2.18. The van der Waals surface area contributed by atoms with Crippen molar-refractivity contribution in [2.75, 3.05) is 7.11 Å². The highest BCUT2D eigenvalue weighted by molar-refractivity contribution is 5.83. The second-order valence-corrected chi connectivity index (χ2v) is 5.11. The van der Waals surface area contributed by atoms with E-state index in [2.05, 4.69) is 21.1 Å². The van der Waals surface area contributed by atoms with E-state index < -0.39 is 0 Å². The van der Waals surface area contributed by atoms with Crippen LogP contribution < -0.4 is 5.32 Å². The fourth-order valence-electron chi connectivity index (χ4n) is 2.35. The highest BCUT2D eigenvalue weighted by Gasteiger charge is 2.12. The van der Waals surface area contributed by atoms with Crippen LogP contribution >= 0.6 is 0 Å². The highest BCUT2D eigenvalue weighted by atomic mass is 16.5. The Balaban J connectivity index is 1.88. The van der Waals surface area contributed by atoms with Crippen LogP contribution in [0.1, 0.15) is 25.3 Å². The third-order valence-corrected chi connectivity index (χ3v) is 3.39. The van der Waals surface area contributed by atoms with Gasteiger partial charge in [0.25, 0.3) is 0 Å². The molecule has 2 N–H and O–H groups in total. The van der Waals surface area contributed by atoms with Crippen molar-refractivity contribution in [2.24, 2.45) is 0 Å². The van der Waals surface area contributed by atoms with Crippen molar-refractivity contribution in [3.8, 4) is 0 Å². The smallest absolute Gasteiger partial charge is 0.306 e. The van der Waals surface area contributed by atoms with E-state index in [1.54, 1.807) is 0 Å². The van der Waals surface area contributed by atoms with Gasteiger partial charge in [-0.05, 0) is 25.0 Å². The molecule has 5 heteroatoms. The molecule has 1 heterocycles. The summed E-state index contributed by atoms with van der Waals surface area (Å²) >= 11 is 0. The number of ether oxygens (including phenoxy) is 1. The van der Waals surface area contributed by atoms with Gasteiger partial charge >= 0.3 is 5.97 Å². The van der Waals surface area contributed by atoms with Crippen molar-refractivity contribution in [3.63, 3.8) is 0 Å². The fourth-order valence-corrected chi connectivity index (χ4v) is 2.35. The topological polar surface area (TPSA) is 71.2 Å². The number of rotatable bonds is 6. The molecule has 0 bridgehead atoms. The van der Waals surface area contributed by atoms with E-state index in [1.165, 1.54) is 18.1 Å². The summed E-state index contributed by atoms with van der Waals surface area (Å²) in [5.74, 6) is -0.498. The Kier molecular flexibility index (Phi) is 4.98. The van der Waals surface area contributed by atoms with E-state index in [0.29, 0.717) is 0 Å². The van der Waals surface area contributed by atoms with Crippen LogP contribution in [0.5, 0.6) is 0 Å². The average Bonchev–Trinajstić information content (AvgIpc) is 2.88. The number of hydrogen-bond donors (Lipinski definition) is 2. The Bertz CT molecular complexity index is 633. The molecule has 1 aromatic carbocycles. The number of nitrogens with one attached hydrogen (secondary N) is 2. The van der Waals surface area contributed by atoms with Crippen molar-refractivity contribution in [2.45, 2.75) is 32.2 Å². The first-order chi connectivity index (χ1) is 10.1. The number of fused-ring (bicyclic) bond motifs is 1. The second kappa shape index (κ2) is 6.92. The minimum atomic E-state index is -0.366. The van der Waals surface area contributed by atoms with Gasteiger partial charge in [0, 0.05) is 29.6 Å². The number of benzene rings is 1. The van der Waals surface area contributed by atoms with Gasteiger partial charge in [0.05, 0.1) is 13.5 Å². The van der Waals surface area contributed by atoms with Crippen molar-refractivity contribution in [1.82, 2.24) is 10.3 Å². The monoisotopic (exact) mass is 288 g/mol. The Labute approximate surface area is 123 Å². The maximum absolute atomic E-state index is 11.7. The predicted molar refractivity (Wildman–Crippen MR) is 80.9 cm³/mol. The van der Waals surface area contributed by atoms with Crippen LogP contribution in [-0.2, 0) is 20.7 Å². The van der Waals surface area contributed by atoms with E-state index in [1.807, 2.05) is 31.3 Å². The molecule has 1 unspecified atom stereocenters. The maximum atomic E-state index is 11.7. The Hall–Kier alpha value is -2.30. The molecule has 21 heavy (non-hydrogen) atoms. The van der Waals surface area contributed by atoms with Crippen LogP contribution in [0, 0.1) is 0 Å². The lowest BCUT2D eigenvalue weighted by Crippen LogP contribution is -2.34. The van der Waals surface area contributed by atoms with Crippen molar-refractivity contribution in [3.05, 3.63) is 36.0 Å². The molecule has 5 nitrogen and oxygen atoms in total. The molecular weight excluding hydrogens is 268 g/mol. The van der Waals surface area contributed by atoms with Gasteiger partial charge in [-0.15, -0.1) is 0 Å². The summed E-state index contributed by atoms with van der Waals surface area (Å²) in [5.41, 5.74) is 2.27. The lowest BCUT2D eigenvalue weighted by atomic mass is 10.1. The molecule has 112 valence electrons. The number of para-hydroxylation sites is 1. The number of esters is 1. The predicted octanol–water partition coefficient (Wildman–Crippen LogP) is 2.17. The molecule has 2 aromatic rings.